The van der Waals surface area contributed by atoms with Crippen molar-refractivity contribution in [2.75, 3.05) is 19.6 Å². The van der Waals surface area contributed by atoms with Gasteiger partial charge in [-0.15, -0.1) is 4.41 Å². The second-order valence-electron chi connectivity index (χ2n) is 2.72. The zero-order chi connectivity index (χ0) is 9.68. The lowest BCUT2D eigenvalue weighted by Gasteiger charge is -2.15. The van der Waals surface area contributed by atoms with Crippen molar-refractivity contribution in [2.45, 2.75) is 6.92 Å². The smallest absolute Gasteiger partial charge is 0.102 e. The van der Waals surface area contributed by atoms with E-state index in [1.165, 1.54) is 17.8 Å². The van der Waals surface area contributed by atoms with Crippen LogP contribution in [0, 0.1) is 6.92 Å². The molecule has 1 aromatic rings. The first-order valence-electron chi connectivity index (χ1n) is 4.00. The highest BCUT2D eigenvalue weighted by Gasteiger charge is 1.97. The SMILES string of the molecule is COSN(C)Nc1cccc(C)c1. The summed E-state index contributed by atoms with van der Waals surface area (Å²) in [6.45, 7) is 2.06. The summed E-state index contributed by atoms with van der Waals surface area (Å²) >= 11 is 1.25. The lowest BCUT2D eigenvalue weighted by molar-refractivity contribution is 0.455. The molecule has 0 unspecified atom stereocenters. The minimum atomic E-state index is 1.06. The summed E-state index contributed by atoms with van der Waals surface area (Å²) in [5.74, 6) is 0. The fourth-order valence-corrected chi connectivity index (χ4v) is 1.39. The Labute approximate surface area is 83.4 Å². The molecule has 0 aromatic heterocycles. The summed E-state index contributed by atoms with van der Waals surface area (Å²) in [7, 11) is 3.54. The summed E-state index contributed by atoms with van der Waals surface area (Å²) in [5, 5.41) is 0. The second-order valence-corrected chi connectivity index (χ2v) is 3.75. The molecule has 0 fully saturated rings. The van der Waals surface area contributed by atoms with E-state index >= 15 is 0 Å². The van der Waals surface area contributed by atoms with Gasteiger partial charge in [0.15, 0.2) is 0 Å². The van der Waals surface area contributed by atoms with Crippen molar-refractivity contribution in [3.8, 4) is 0 Å². The number of rotatable bonds is 4. The highest BCUT2D eigenvalue weighted by molar-refractivity contribution is 7.92. The van der Waals surface area contributed by atoms with Crippen LogP contribution in [0.3, 0.4) is 0 Å². The van der Waals surface area contributed by atoms with Gasteiger partial charge in [0.1, 0.15) is 12.2 Å². The summed E-state index contributed by atoms with van der Waals surface area (Å²) in [4.78, 5) is 0. The molecule has 0 aliphatic carbocycles. The van der Waals surface area contributed by atoms with Crippen LogP contribution in [0.5, 0.6) is 0 Å². The molecule has 0 saturated heterocycles. The normalized spacial score (nSPS) is 10.5. The Morgan fingerprint density at radius 2 is 2.23 bits per heavy atom. The Morgan fingerprint density at radius 1 is 1.46 bits per heavy atom. The Bertz CT molecular complexity index is 268. The minimum absolute atomic E-state index is 1.06. The molecular formula is C9H14N2OS. The van der Waals surface area contributed by atoms with Crippen LogP contribution in [0.2, 0.25) is 0 Å². The third-order valence-electron chi connectivity index (χ3n) is 1.49. The first kappa shape index (κ1) is 10.4. The largest absolute Gasteiger partial charge is 0.308 e. The summed E-state index contributed by atoms with van der Waals surface area (Å²) < 4.78 is 6.69. The standard InChI is InChI=1S/C9H14N2OS/c1-8-5-4-6-9(7-8)10-11(2)13-12-3/h4-7,10H,1-3H3. The molecular weight excluding hydrogens is 184 g/mol. The van der Waals surface area contributed by atoms with E-state index in [4.69, 9.17) is 4.18 Å². The van der Waals surface area contributed by atoms with E-state index in [2.05, 4.69) is 24.5 Å². The first-order chi connectivity index (χ1) is 6.22. The van der Waals surface area contributed by atoms with E-state index in [1.807, 2.05) is 19.2 Å². The van der Waals surface area contributed by atoms with Gasteiger partial charge in [0.05, 0.1) is 12.8 Å². The highest BCUT2D eigenvalue weighted by atomic mass is 32.2. The van der Waals surface area contributed by atoms with Crippen molar-refractivity contribution in [3.63, 3.8) is 0 Å². The fourth-order valence-electron chi connectivity index (χ4n) is 1.03. The van der Waals surface area contributed by atoms with Crippen LogP contribution in [0.15, 0.2) is 24.3 Å². The van der Waals surface area contributed by atoms with Gasteiger partial charge in [0.25, 0.3) is 0 Å². The molecule has 0 radical (unpaired) electrons. The van der Waals surface area contributed by atoms with Crippen molar-refractivity contribution in [1.29, 1.82) is 0 Å². The van der Waals surface area contributed by atoms with Crippen molar-refractivity contribution in [1.82, 2.24) is 4.41 Å². The first-order valence-corrected chi connectivity index (χ1v) is 4.70. The van der Waals surface area contributed by atoms with Crippen LogP contribution < -0.4 is 5.43 Å². The molecule has 1 aromatic carbocycles. The predicted molar refractivity (Wildman–Crippen MR) is 57.2 cm³/mol. The van der Waals surface area contributed by atoms with Crippen molar-refractivity contribution < 1.29 is 4.18 Å². The summed E-state index contributed by atoms with van der Waals surface area (Å²) in [6, 6.07) is 8.17. The summed E-state index contributed by atoms with van der Waals surface area (Å²) in [6.07, 6.45) is 0. The molecule has 13 heavy (non-hydrogen) atoms. The molecule has 0 heterocycles. The zero-order valence-corrected chi connectivity index (χ0v) is 8.89. The zero-order valence-electron chi connectivity index (χ0n) is 8.07. The molecule has 72 valence electrons. The molecule has 0 spiro atoms. The third-order valence-corrected chi connectivity index (χ3v) is 1.95. The van der Waals surface area contributed by atoms with E-state index in [9.17, 15) is 0 Å². The maximum absolute atomic E-state index is 4.89. The minimum Gasteiger partial charge on any atom is -0.308 e. The predicted octanol–water partition coefficient (Wildman–Crippen LogP) is 2.46. The average Bonchev–Trinajstić information content (AvgIpc) is 2.04. The van der Waals surface area contributed by atoms with E-state index in [1.54, 1.807) is 11.5 Å². The van der Waals surface area contributed by atoms with Gasteiger partial charge in [-0.1, -0.05) is 12.1 Å². The topological polar surface area (TPSA) is 24.5 Å². The van der Waals surface area contributed by atoms with E-state index in [-0.39, 0.29) is 0 Å². The number of nitrogens with one attached hydrogen (secondary N) is 1. The number of anilines is 1. The monoisotopic (exact) mass is 198 g/mol. The van der Waals surface area contributed by atoms with Gasteiger partial charge in [0.2, 0.25) is 0 Å². The third kappa shape index (κ3) is 3.67. The molecule has 0 aliphatic rings. The Kier molecular flexibility index (Phi) is 4.08. The second kappa shape index (κ2) is 5.11. The lowest BCUT2D eigenvalue weighted by Crippen LogP contribution is -2.17. The Hall–Kier alpha value is -0.710. The number of hydrogen-bond acceptors (Lipinski definition) is 4. The van der Waals surface area contributed by atoms with Crippen LogP contribution in [0.4, 0.5) is 5.69 Å². The summed E-state index contributed by atoms with van der Waals surface area (Å²) in [5.41, 5.74) is 5.45. The molecule has 0 atom stereocenters. The van der Waals surface area contributed by atoms with Crippen LogP contribution in [0.25, 0.3) is 0 Å². The van der Waals surface area contributed by atoms with Gasteiger partial charge in [-0.2, -0.15) is 0 Å². The van der Waals surface area contributed by atoms with Gasteiger partial charge in [-0.25, -0.2) is 0 Å². The molecule has 3 nitrogen and oxygen atoms in total. The van der Waals surface area contributed by atoms with Crippen LogP contribution in [-0.2, 0) is 4.18 Å². The van der Waals surface area contributed by atoms with Gasteiger partial charge < -0.3 is 9.61 Å². The number of benzene rings is 1. The molecule has 4 heteroatoms. The quantitative estimate of drug-likeness (QED) is 0.456. The van der Waals surface area contributed by atoms with E-state index in [0.29, 0.717) is 0 Å². The van der Waals surface area contributed by atoms with E-state index < -0.39 is 0 Å². The molecule has 0 amide bonds. The van der Waals surface area contributed by atoms with E-state index in [0.717, 1.165) is 5.69 Å². The molecule has 0 aliphatic heterocycles. The Balaban J connectivity index is 2.53. The molecule has 1 N–H and O–H groups in total. The van der Waals surface area contributed by atoms with Crippen molar-refractivity contribution >= 4 is 17.9 Å². The van der Waals surface area contributed by atoms with Crippen molar-refractivity contribution in [3.05, 3.63) is 29.8 Å². The fraction of sp³-hybridized carbons (Fsp3) is 0.333. The average molecular weight is 198 g/mol. The van der Waals surface area contributed by atoms with Crippen LogP contribution in [0.1, 0.15) is 5.56 Å². The number of hydrogen-bond donors (Lipinski definition) is 1. The van der Waals surface area contributed by atoms with Gasteiger partial charge in [-0.3, -0.25) is 0 Å². The van der Waals surface area contributed by atoms with Gasteiger partial charge in [0, 0.05) is 7.05 Å². The number of hydrazine groups is 1. The molecule has 0 bridgehead atoms. The van der Waals surface area contributed by atoms with Crippen LogP contribution >= 0.6 is 12.2 Å². The Morgan fingerprint density at radius 3 is 2.85 bits per heavy atom. The highest BCUT2D eigenvalue weighted by Crippen LogP contribution is 2.13. The van der Waals surface area contributed by atoms with Gasteiger partial charge >= 0.3 is 0 Å². The lowest BCUT2D eigenvalue weighted by atomic mass is 10.2. The number of nitrogens with zero attached hydrogens (tertiary/aromatic N) is 1. The van der Waals surface area contributed by atoms with Gasteiger partial charge in [-0.05, 0) is 24.6 Å². The number of aryl methyl sites for hydroxylation is 1. The molecule has 1 rings (SSSR count). The van der Waals surface area contributed by atoms with Crippen molar-refractivity contribution in [2.24, 2.45) is 0 Å². The molecule has 0 saturated carbocycles. The maximum atomic E-state index is 4.89. The van der Waals surface area contributed by atoms with Crippen LogP contribution in [-0.4, -0.2) is 18.6 Å². The maximum Gasteiger partial charge on any atom is 0.102 e.